The number of nitrogens with zero attached hydrogens (tertiary/aromatic N) is 3. The maximum Gasteiger partial charge on any atom is 0.231 e. The summed E-state index contributed by atoms with van der Waals surface area (Å²) >= 11 is 7.65. The van der Waals surface area contributed by atoms with Gasteiger partial charge in [-0.05, 0) is 23.8 Å². The molecule has 0 saturated heterocycles. The number of benzene rings is 1. The zero-order valence-corrected chi connectivity index (χ0v) is 15.7. The van der Waals surface area contributed by atoms with E-state index in [9.17, 15) is 4.79 Å². The molecule has 0 aliphatic carbocycles. The van der Waals surface area contributed by atoms with Crippen molar-refractivity contribution in [1.29, 1.82) is 0 Å². The van der Waals surface area contributed by atoms with Crippen LogP contribution in [0.1, 0.15) is 11.3 Å². The third-order valence-corrected chi connectivity index (χ3v) is 5.16. The van der Waals surface area contributed by atoms with Gasteiger partial charge in [0.25, 0.3) is 0 Å². The number of carbonyl (C=O) groups excluding carboxylic acids is 1. The van der Waals surface area contributed by atoms with Crippen molar-refractivity contribution < 1.29 is 9.21 Å². The zero-order chi connectivity index (χ0) is 18.6. The molecule has 0 atom stereocenters. The molecule has 1 amide bonds. The molecule has 6 nitrogen and oxygen atoms in total. The van der Waals surface area contributed by atoms with Crippen LogP contribution >= 0.6 is 22.9 Å². The molecular weight excluding hydrogens is 384 g/mol. The molecule has 3 aromatic heterocycles. The van der Waals surface area contributed by atoms with Crippen LogP contribution in [0.25, 0.3) is 10.8 Å². The van der Waals surface area contributed by atoms with E-state index in [4.69, 9.17) is 16.0 Å². The van der Waals surface area contributed by atoms with Gasteiger partial charge < -0.3 is 9.73 Å². The number of anilines is 1. The Hall–Kier alpha value is -2.90. The van der Waals surface area contributed by atoms with Crippen LogP contribution in [-0.4, -0.2) is 20.7 Å². The molecule has 0 bridgehead atoms. The highest BCUT2D eigenvalue weighted by atomic mass is 35.5. The SMILES string of the molecule is O=C(Cc1csc(-c2ccco2)n1)Nc1ccnn1Cc1ccccc1Cl. The highest BCUT2D eigenvalue weighted by Crippen LogP contribution is 2.24. The van der Waals surface area contributed by atoms with Crippen molar-refractivity contribution in [3.8, 4) is 10.8 Å². The summed E-state index contributed by atoms with van der Waals surface area (Å²) in [7, 11) is 0. The zero-order valence-electron chi connectivity index (χ0n) is 14.1. The average Bonchev–Trinajstić information content (AvgIpc) is 3.39. The first-order valence-electron chi connectivity index (χ1n) is 8.22. The molecule has 27 heavy (non-hydrogen) atoms. The summed E-state index contributed by atoms with van der Waals surface area (Å²) in [5, 5.41) is 10.4. The first-order valence-corrected chi connectivity index (χ1v) is 9.48. The second-order valence-corrected chi connectivity index (χ2v) is 7.08. The summed E-state index contributed by atoms with van der Waals surface area (Å²) in [5.41, 5.74) is 1.63. The van der Waals surface area contributed by atoms with Gasteiger partial charge in [0, 0.05) is 16.5 Å². The van der Waals surface area contributed by atoms with Gasteiger partial charge >= 0.3 is 0 Å². The van der Waals surface area contributed by atoms with Crippen LogP contribution in [0.4, 0.5) is 5.82 Å². The molecule has 0 radical (unpaired) electrons. The third kappa shape index (κ3) is 4.10. The normalized spacial score (nSPS) is 10.9. The van der Waals surface area contributed by atoms with E-state index in [0.29, 0.717) is 28.8 Å². The van der Waals surface area contributed by atoms with Crippen LogP contribution in [0, 0.1) is 0 Å². The average molecular weight is 399 g/mol. The summed E-state index contributed by atoms with van der Waals surface area (Å²) in [6.45, 7) is 0.474. The minimum Gasteiger partial charge on any atom is -0.462 e. The standard InChI is InChI=1S/C19H15ClN4O2S/c20-15-5-2-1-4-13(15)11-24-17(7-8-21-24)23-18(25)10-14-12-27-19(22-14)16-6-3-9-26-16/h1-9,12H,10-11H2,(H,23,25). The van der Waals surface area contributed by atoms with Crippen molar-refractivity contribution >= 4 is 34.7 Å². The van der Waals surface area contributed by atoms with Crippen LogP contribution < -0.4 is 5.32 Å². The van der Waals surface area contributed by atoms with Crippen LogP contribution in [0.2, 0.25) is 5.02 Å². The largest absolute Gasteiger partial charge is 0.462 e. The summed E-state index contributed by atoms with van der Waals surface area (Å²) in [6.07, 6.45) is 3.42. The van der Waals surface area contributed by atoms with Crippen molar-refractivity contribution in [1.82, 2.24) is 14.8 Å². The highest BCUT2D eigenvalue weighted by Gasteiger charge is 2.13. The maximum absolute atomic E-state index is 12.4. The van der Waals surface area contributed by atoms with E-state index in [-0.39, 0.29) is 12.3 Å². The van der Waals surface area contributed by atoms with Gasteiger partial charge in [-0.25, -0.2) is 9.67 Å². The van der Waals surface area contributed by atoms with Crippen LogP contribution in [0.3, 0.4) is 0 Å². The van der Waals surface area contributed by atoms with Crippen molar-refractivity contribution in [3.63, 3.8) is 0 Å². The Morgan fingerprint density at radius 2 is 2.11 bits per heavy atom. The topological polar surface area (TPSA) is 73.0 Å². The molecule has 0 unspecified atom stereocenters. The van der Waals surface area contributed by atoms with Crippen LogP contribution in [-0.2, 0) is 17.8 Å². The Morgan fingerprint density at radius 1 is 1.22 bits per heavy atom. The van der Waals surface area contributed by atoms with Crippen LogP contribution in [0.15, 0.2) is 64.7 Å². The lowest BCUT2D eigenvalue weighted by Gasteiger charge is -2.09. The van der Waals surface area contributed by atoms with E-state index in [1.54, 1.807) is 23.2 Å². The van der Waals surface area contributed by atoms with Gasteiger partial charge in [0.1, 0.15) is 5.82 Å². The Balaban J connectivity index is 1.42. The minimum absolute atomic E-state index is 0.160. The lowest BCUT2D eigenvalue weighted by molar-refractivity contribution is -0.115. The number of rotatable bonds is 6. The second-order valence-electron chi connectivity index (χ2n) is 5.81. The smallest absolute Gasteiger partial charge is 0.231 e. The molecule has 0 saturated carbocycles. The lowest BCUT2D eigenvalue weighted by Crippen LogP contribution is -2.18. The first kappa shape index (κ1) is 17.5. The fourth-order valence-electron chi connectivity index (χ4n) is 2.61. The quantitative estimate of drug-likeness (QED) is 0.519. The van der Waals surface area contributed by atoms with Gasteiger partial charge in [0.15, 0.2) is 10.8 Å². The van der Waals surface area contributed by atoms with Gasteiger partial charge in [0.2, 0.25) is 5.91 Å². The lowest BCUT2D eigenvalue weighted by atomic mass is 10.2. The fourth-order valence-corrected chi connectivity index (χ4v) is 3.59. The van der Waals surface area contributed by atoms with E-state index in [0.717, 1.165) is 10.6 Å². The van der Waals surface area contributed by atoms with Gasteiger partial charge in [-0.2, -0.15) is 5.10 Å². The van der Waals surface area contributed by atoms with E-state index in [1.165, 1.54) is 11.3 Å². The van der Waals surface area contributed by atoms with Crippen molar-refractivity contribution in [2.24, 2.45) is 0 Å². The van der Waals surface area contributed by atoms with E-state index in [1.807, 2.05) is 41.8 Å². The number of furan rings is 1. The summed E-state index contributed by atoms with van der Waals surface area (Å²) < 4.78 is 7.03. The molecule has 0 aliphatic rings. The number of carbonyl (C=O) groups is 1. The van der Waals surface area contributed by atoms with E-state index >= 15 is 0 Å². The molecule has 0 spiro atoms. The number of nitrogens with one attached hydrogen (secondary N) is 1. The van der Waals surface area contributed by atoms with Gasteiger partial charge in [-0.3, -0.25) is 4.79 Å². The van der Waals surface area contributed by atoms with Gasteiger partial charge in [0.05, 0.1) is 31.1 Å². The fraction of sp³-hybridized carbons (Fsp3) is 0.105. The van der Waals surface area contributed by atoms with Gasteiger partial charge in [-0.15, -0.1) is 11.3 Å². The summed E-state index contributed by atoms with van der Waals surface area (Å²) in [4.78, 5) is 16.9. The van der Waals surface area contributed by atoms with Crippen molar-refractivity contribution in [3.05, 3.63) is 76.6 Å². The summed E-state index contributed by atoms with van der Waals surface area (Å²) in [5.74, 6) is 1.15. The Labute approximate surface area is 164 Å². The van der Waals surface area contributed by atoms with Crippen molar-refractivity contribution in [2.75, 3.05) is 5.32 Å². The molecule has 1 aromatic carbocycles. The Kier molecular flexibility index (Phi) is 5.04. The monoisotopic (exact) mass is 398 g/mol. The number of halogens is 1. The predicted octanol–water partition coefficient (Wildman–Crippen LogP) is 4.48. The number of amides is 1. The molecule has 0 fully saturated rings. The molecule has 4 aromatic rings. The first-order chi connectivity index (χ1) is 13.2. The summed E-state index contributed by atoms with van der Waals surface area (Å²) in [6, 6.07) is 13.0. The number of hydrogen-bond acceptors (Lipinski definition) is 5. The highest BCUT2D eigenvalue weighted by molar-refractivity contribution is 7.13. The Morgan fingerprint density at radius 3 is 2.93 bits per heavy atom. The molecule has 3 heterocycles. The second kappa shape index (κ2) is 7.77. The number of aromatic nitrogens is 3. The molecular formula is C19H15ClN4O2S. The van der Waals surface area contributed by atoms with Crippen molar-refractivity contribution in [2.45, 2.75) is 13.0 Å². The Bertz CT molecular complexity index is 1060. The molecule has 4 rings (SSSR count). The number of thiazole rings is 1. The predicted molar refractivity (Wildman–Crippen MR) is 105 cm³/mol. The van der Waals surface area contributed by atoms with E-state index < -0.39 is 0 Å². The molecule has 8 heteroatoms. The van der Waals surface area contributed by atoms with E-state index in [2.05, 4.69) is 15.4 Å². The molecule has 1 N–H and O–H groups in total. The third-order valence-electron chi connectivity index (χ3n) is 3.89. The number of hydrogen-bond donors (Lipinski definition) is 1. The van der Waals surface area contributed by atoms with Crippen LogP contribution in [0.5, 0.6) is 0 Å². The minimum atomic E-state index is -0.160. The maximum atomic E-state index is 12.4. The molecule has 0 aliphatic heterocycles. The molecule has 136 valence electrons. The van der Waals surface area contributed by atoms with Gasteiger partial charge in [-0.1, -0.05) is 29.8 Å².